The molecule has 0 unspecified atom stereocenters. The minimum absolute atomic E-state index is 0.00465. The summed E-state index contributed by atoms with van der Waals surface area (Å²) in [5.74, 6) is -0.00465. The number of halogens is 1. The molecular formula is C12H17BrN2O. The Morgan fingerprint density at radius 3 is 2.69 bits per heavy atom. The van der Waals surface area contributed by atoms with Crippen molar-refractivity contribution in [2.24, 2.45) is 0 Å². The van der Waals surface area contributed by atoms with Crippen LogP contribution in [0, 0.1) is 0 Å². The summed E-state index contributed by atoms with van der Waals surface area (Å²) in [5.41, 5.74) is 0.543. The quantitative estimate of drug-likeness (QED) is 0.889. The van der Waals surface area contributed by atoms with E-state index in [0.29, 0.717) is 6.54 Å². The van der Waals surface area contributed by atoms with Crippen molar-refractivity contribution in [3.8, 4) is 0 Å². The van der Waals surface area contributed by atoms with Crippen molar-refractivity contribution < 1.29 is 4.79 Å². The molecular weight excluding hydrogens is 268 g/mol. The lowest BCUT2D eigenvalue weighted by Crippen LogP contribution is -2.50. The van der Waals surface area contributed by atoms with Gasteiger partial charge in [-0.2, -0.15) is 0 Å². The number of rotatable bonds is 4. The van der Waals surface area contributed by atoms with E-state index in [1.165, 1.54) is 0 Å². The Bertz CT molecular complexity index is 377. The Morgan fingerprint density at radius 2 is 2.12 bits per heavy atom. The fourth-order valence-corrected chi connectivity index (χ4v) is 1.61. The Labute approximate surface area is 105 Å². The second kappa shape index (κ2) is 5.46. The smallest absolute Gasteiger partial charge is 0.239 e. The highest BCUT2D eigenvalue weighted by molar-refractivity contribution is 9.10. The molecule has 1 amide bonds. The van der Waals surface area contributed by atoms with Gasteiger partial charge in [0, 0.05) is 11.0 Å². The van der Waals surface area contributed by atoms with Crippen molar-refractivity contribution in [3.05, 3.63) is 34.3 Å². The van der Waals surface area contributed by atoms with Crippen molar-refractivity contribution in [2.45, 2.75) is 25.9 Å². The van der Waals surface area contributed by atoms with E-state index >= 15 is 0 Å². The second-order valence-electron chi connectivity index (χ2n) is 4.19. The lowest BCUT2D eigenvalue weighted by Gasteiger charge is -2.22. The van der Waals surface area contributed by atoms with E-state index in [2.05, 4.69) is 26.6 Å². The number of benzene rings is 1. The van der Waals surface area contributed by atoms with E-state index in [1.54, 1.807) is 7.05 Å². The van der Waals surface area contributed by atoms with Gasteiger partial charge in [-0.3, -0.25) is 4.79 Å². The molecule has 16 heavy (non-hydrogen) atoms. The average Bonchev–Trinajstić information content (AvgIpc) is 2.26. The maximum absolute atomic E-state index is 11.8. The van der Waals surface area contributed by atoms with Crippen LogP contribution in [0.5, 0.6) is 0 Å². The van der Waals surface area contributed by atoms with Crippen molar-refractivity contribution >= 4 is 21.8 Å². The third kappa shape index (κ3) is 3.61. The van der Waals surface area contributed by atoms with Crippen LogP contribution >= 0.6 is 15.9 Å². The van der Waals surface area contributed by atoms with Crippen LogP contribution in [0.4, 0.5) is 0 Å². The molecule has 1 aromatic carbocycles. The number of carbonyl (C=O) groups is 1. The highest BCUT2D eigenvalue weighted by atomic mass is 79.9. The molecule has 0 saturated carbocycles. The van der Waals surface area contributed by atoms with Gasteiger partial charge in [0.1, 0.15) is 0 Å². The molecule has 3 nitrogen and oxygen atoms in total. The van der Waals surface area contributed by atoms with Crippen LogP contribution in [-0.4, -0.2) is 18.5 Å². The summed E-state index contributed by atoms with van der Waals surface area (Å²) in [7, 11) is 1.78. The predicted octanol–water partition coefficient (Wildman–Crippen LogP) is 2.06. The molecule has 2 N–H and O–H groups in total. The summed E-state index contributed by atoms with van der Waals surface area (Å²) in [5, 5.41) is 5.86. The Hall–Kier alpha value is -0.870. The molecule has 1 aromatic rings. The summed E-state index contributed by atoms with van der Waals surface area (Å²) in [4.78, 5) is 11.8. The van der Waals surface area contributed by atoms with Crippen LogP contribution in [0.15, 0.2) is 28.7 Å². The van der Waals surface area contributed by atoms with Crippen LogP contribution in [-0.2, 0) is 11.3 Å². The Balaban J connectivity index is 2.56. The first kappa shape index (κ1) is 13.2. The van der Waals surface area contributed by atoms with E-state index in [9.17, 15) is 4.79 Å². The van der Waals surface area contributed by atoms with Gasteiger partial charge in [-0.05, 0) is 38.6 Å². The summed E-state index contributed by atoms with van der Waals surface area (Å²) in [6, 6.07) is 7.89. The minimum Gasteiger partial charge on any atom is -0.350 e. The minimum atomic E-state index is -0.536. The van der Waals surface area contributed by atoms with Crippen LogP contribution in [0.2, 0.25) is 0 Å². The lowest BCUT2D eigenvalue weighted by molar-refractivity contribution is -0.126. The summed E-state index contributed by atoms with van der Waals surface area (Å²) < 4.78 is 1.02. The maximum atomic E-state index is 11.8. The van der Waals surface area contributed by atoms with Gasteiger partial charge in [-0.1, -0.05) is 28.1 Å². The van der Waals surface area contributed by atoms with Gasteiger partial charge in [0.05, 0.1) is 5.54 Å². The summed E-state index contributed by atoms with van der Waals surface area (Å²) in [6.45, 7) is 4.25. The zero-order valence-electron chi connectivity index (χ0n) is 9.80. The van der Waals surface area contributed by atoms with Gasteiger partial charge in [-0.25, -0.2) is 0 Å². The maximum Gasteiger partial charge on any atom is 0.239 e. The molecule has 0 heterocycles. The van der Waals surface area contributed by atoms with E-state index < -0.39 is 5.54 Å². The van der Waals surface area contributed by atoms with Crippen molar-refractivity contribution in [3.63, 3.8) is 0 Å². The zero-order valence-corrected chi connectivity index (χ0v) is 11.4. The predicted molar refractivity (Wildman–Crippen MR) is 69.1 cm³/mol. The fraction of sp³-hybridized carbons (Fsp3) is 0.417. The number of carbonyl (C=O) groups excluding carboxylic acids is 1. The lowest BCUT2D eigenvalue weighted by atomic mass is 10.1. The van der Waals surface area contributed by atoms with Crippen molar-refractivity contribution in [2.75, 3.05) is 7.05 Å². The third-order valence-electron chi connectivity index (χ3n) is 2.53. The molecule has 0 bridgehead atoms. The van der Waals surface area contributed by atoms with Gasteiger partial charge < -0.3 is 10.6 Å². The van der Waals surface area contributed by atoms with Gasteiger partial charge in [-0.15, -0.1) is 0 Å². The number of hydrogen-bond acceptors (Lipinski definition) is 2. The van der Waals surface area contributed by atoms with Crippen LogP contribution in [0.25, 0.3) is 0 Å². The van der Waals surface area contributed by atoms with E-state index in [-0.39, 0.29) is 5.91 Å². The van der Waals surface area contributed by atoms with E-state index in [1.807, 2.05) is 38.1 Å². The number of likely N-dealkylation sites (N-methyl/N-ethyl adjacent to an activating group) is 1. The van der Waals surface area contributed by atoms with Gasteiger partial charge in [0.2, 0.25) is 5.91 Å². The molecule has 0 aliphatic carbocycles. The molecule has 0 aliphatic heterocycles. The first-order valence-electron chi connectivity index (χ1n) is 5.17. The van der Waals surface area contributed by atoms with Crippen LogP contribution in [0.3, 0.4) is 0 Å². The van der Waals surface area contributed by atoms with E-state index in [0.717, 1.165) is 10.0 Å². The Morgan fingerprint density at radius 1 is 1.44 bits per heavy atom. The standard InChI is InChI=1S/C12H17BrN2O/c1-12(2,14-3)11(16)15-8-9-5-4-6-10(13)7-9/h4-7,14H,8H2,1-3H3,(H,15,16). The van der Waals surface area contributed by atoms with Crippen LogP contribution in [0.1, 0.15) is 19.4 Å². The molecule has 1 rings (SSSR count). The molecule has 0 saturated heterocycles. The normalized spacial score (nSPS) is 11.2. The van der Waals surface area contributed by atoms with Gasteiger partial charge in [0.15, 0.2) is 0 Å². The SMILES string of the molecule is CNC(C)(C)C(=O)NCc1cccc(Br)c1. The number of nitrogens with one attached hydrogen (secondary N) is 2. The first-order chi connectivity index (χ1) is 7.45. The summed E-state index contributed by atoms with van der Waals surface area (Å²) >= 11 is 3.40. The highest BCUT2D eigenvalue weighted by Gasteiger charge is 2.24. The zero-order chi connectivity index (χ0) is 12.2. The number of hydrogen-bond donors (Lipinski definition) is 2. The van der Waals surface area contributed by atoms with Gasteiger partial charge >= 0.3 is 0 Å². The molecule has 0 atom stereocenters. The summed E-state index contributed by atoms with van der Waals surface area (Å²) in [6.07, 6.45) is 0. The Kier molecular flexibility index (Phi) is 4.50. The van der Waals surface area contributed by atoms with Crippen LogP contribution < -0.4 is 10.6 Å². The largest absolute Gasteiger partial charge is 0.350 e. The fourth-order valence-electron chi connectivity index (χ4n) is 1.16. The topological polar surface area (TPSA) is 41.1 Å². The molecule has 0 aliphatic rings. The molecule has 88 valence electrons. The molecule has 0 spiro atoms. The molecule has 4 heteroatoms. The number of amides is 1. The first-order valence-corrected chi connectivity index (χ1v) is 5.96. The third-order valence-corrected chi connectivity index (χ3v) is 3.03. The van der Waals surface area contributed by atoms with E-state index in [4.69, 9.17) is 0 Å². The highest BCUT2D eigenvalue weighted by Crippen LogP contribution is 2.11. The van der Waals surface area contributed by atoms with Crippen molar-refractivity contribution in [1.82, 2.24) is 10.6 Å². The van der Waals surface area contributed by atoms with Crippen molar-refractivity contribution in [1.29, 1.82) is 0 Å². The monoisotopic (exact) mass is 284 g/mol. The second-order valence-corrected chi connectivity index (χ2v) is 5.10. The molecule has 0 fully saturated rings. The average molecular weight is 285 g/mol. The molecule has 0 aromatic heterocycles. The molecule has 0 radical (unpaired) electrons. The van der Waals surface area contributed by atoms with Gasteiger partial charge in [0.25, 0.3) is 0 Å².